The summed E-state index contributed by atoms with van der Waals surface area (Å²) in [5.41, 5.74) is 1.38. The number of alkyl halides is 2. The molecule has 12 heteroatoms. The van der Waals surface area contributed by atoms with Gasteiger partial charge in [-0.25, -0.2) is 4.98 Å². The van der Waals surface area contributed by atoms with E-state index in [0.717, 1.165) is 0 Å². The standard InChI is InChI=1S/C16H15F2N3O4S.ClH.Na/c1-23-13-5-6-19-12(14(13)24-2)8-26(22)16-20-10-4-3-9(25-15(17)18)7-11(10)21-16;;/h3-7,15H,8H2,1-2H3,(H,20,21);1H;/q;;+1/p-1. The van der Waals surface area contributed by atoms with E-state index in [0.29, 0.717) is 28.2 Å². The van der Waals surface area contributed by atoms with E-state index in [9.17, 15) is 13.0 Å². The zero-order valence-electron chi connectivity index (χ0n) is 15.2. The van der Waals surface area contributed by atoms with E-state index in [2.05, 4.69) is 19.7 Å². The second-order valence-electron chi connectivity index (χ2n) is 5.08. The molecule has 0 saturated heterocycles. The largest absolute Gasteiger partial charge is 1.00 e. The Morgan fingerprint density at radius 2 is 1.96 bits per heavy atom. The number of imidazole rings is 1. The molecule has 0 bridgehead atoms. The number of aromatic amines is 1. The van der Waals surface area contributed by atoms with E-state index in [1.807, 2.05) is 0 Å². The number of benzene rings is 1. The van der Waals surface area contributed by atoms with Crippen molar-refractivity contribution in [2.24, 2.45) is 0 Å². The molecule has 0 aliphatic heterocycles. The quantitative estimate of drug-likeness (QED) is 0.391. The van der Waals surface area contributed by atoms with Crippen molar-refractivity contribution < 1.29 is 69.2 Å². The molecule has 1 atom stereocenters. The number of halogens is 3. The van der Waals surface area contributed by atoms with Crippen LogP contribution in [0.2, 0.25) is 0 Å². The average molecular weight is 442 g/mol. The number of fused-ring (bicyclic) bond motifs is 1. The van der Waals surface area contributed by atoms with E-state index in [-0.39, 0.29) is 58.6 Å². The van der Waals surface area contributed by atoms with Crippen LogP contribution in [0.1, 0.15) is 5.69 Å². The number of methoxy groups -OCH3 is 2. The van der Waals surface area contributed by atoms with Gasteiger partial charge in [-0.05, 0) is 12.1 Å². The topological polar surface area (TPSA) is 86.3 Å². The summed E-state index contributed by atoms with van der Waals surface area (Å²) in [4.78, 5) is 11.3. The van der Waals surface area contributed by atoms with Crippen molar-refractivity contribution in [3.05, 3.63) is 36.2 Å². The summed E-state index contributed by atoms with van der Waals surface area (Å²) in [7, 11) is 1.41. The van der Waals surface area contributed by atoms with Crippen LogP contribution in [0.15, 0.2) is 35.6 Å². The number of hydrogen-bond acceptors (Lipinski definition) is 6. The molecule has 146 valence electrons. The second-order valence-corrected chi connectivity index (χ2v) is 6.45. The number of H-pyrrole nitrogens is 1. The van der Waals surface area contributed by atoms with Crippen LogP contribution in [-0.2, 0) is 16.6 Å². The summed E-state index contributed by atoms with van der Waals surface area (Å²) in [6.07, 6.45) is 1.53. The molecular formula is C16H15ClF2N3NaO4S. The van der Waals surface area contributed by atoms with Gasteiger partial charge in [0.05, 0.1) is 47.5 Å². The molecule has 0 aliphatic carbocycles. The Bertz CT molecular complexity index is 961. The molecular weight excluding hydrogens is 427 g/mol. The third kappa shape index (κ3) is 5.54. The fourth-order valence-electron chi connectivity index (χ4n) is 2.40. The van der Waals surface area contributed by atoms with Crippen LogP contribution in [-0.4, -0.2) is 40.0 Å². The second kappa shape index (κ2) is 10.9. The summed E-state index contributed by atoms with van der Waals surface area (Å²) >= 11 is 0. The number of pyridine rings is 1. The zero-order valence-corrected chi connectivity index (χ0v) is 18.8. The van der Waals surface area contributed by atoms with Crippen molar-refractivity contribution in [3.8, 4) is 17.2 Å². The van der Waals surface area contributed by atoms with Crippen LogP contribution >= 0.6 is 0 Å². The van der Waals surface area contributed by atoms with Crippen LogP contribution in [0.3, 0.4) is 0 Å². The van der Waals surface area contributed by atoms with E-state index in [4.69, 9.17) is 9.47 Å². The van der Waals surface area contributed by atoms with Gasteiger partial charge in [0.15, 0.2) is 16.7 Å². The average Bonchev–Trinajstić information content (AvgIpc) is 3.04. The van der Waals surface area contributed by atoms with E-state index >= 15 is 0 Å². The first-order valence-electron chi connectivity index (χ1n) is 7.40. The Labute approximate surface area is 190 Å². The van der Waals surface area contributed by atoms with Gasteiger partial charge in [0.25, 0.3) is 0 Å². The fourth-order valence-corrected chi connectivity index (χ4v) is 3.41. The third-order valence-electron chi connectivity index (χ3n) is 3.51. The maximum atomic E-state index is 12.6. The van der Waals surface area contributed by atoms with Crippen molar-refractivity contribution >= 4 is 21.8 Å². The molecule has 3 aromatic rings. The summed E-state index contributed by atoms with van der Waals surface area (Å²) in [5, 5.41) is 0.195. The molecule has 0 radical (unpaired) electrons. The van der Waals surface area contributed by atoms with Crippen LogP contribution in [0.25, 0.3) is 11.0 Å². The van der Waals surface area contributed by atoms with Gasteiger partial charge in [0, 0.05) is 18.3 Å². The monoisotopic (exact) mass is 441 g/mol. The summed E-state index contributed by atoms with van der Waals surface area (Å²) < 4.78 is 52.1. The first-order chi connectivity index (χ1) is 12.5. The fraction of sp³-hybridized carbons (Fsp3) is 0.250. The smallest absolute Gasteiger partial charge is 1.00 e. The Balaban J connectivity index is 0.00000196. The minimum absolute atomic E-state index is 0. The molecule has 2 heterocycles. The maximum Gasteiger partial charge on any atom is 1.00 e. The molecule has 1 aromatic carbocycles. The van der Waals surface area contributed by atoms with E-state index < -0.39 is 17.4 Å². The molecule has 28 heavy (non-hydrogen) atoms. The number of hydrogen-bond donors (Lipinski definition) is 1. The predicted molar refractivity (Wildman–Crippen MR) is 90.2 cm³/mol. The first-order valence-corrected chi connectivity index (χ1v) is 8.72. The first kappa shape index (κ1) is 24.6. The van der Waals surface area contributed by atoms with Gasteiger partial charge in [-0.15, -0.1) is 0 Å². The van der Waals surface area contributed by atoms with Gasteiger partial charge in [-0.3, -0.25) is 9.19 Å². The number of aromatic nitrogens is 3. The SMILES string of the molecule is COc1ccnc(CS(=O)c2nc3ccc(OC(F)F)cc3[nH]2)c1OC.[Cl-].[Na+]. The molecule has 0 aliphatic rings. The van der Waals surface area contributed by atoms with Crippen molar-refractivity contribution in [2.75, 3.05) is 14.2 Å². The summed E-state index contributed by atoms with van der Waals surface area (Å²) in [5.74, 6) is 0.908. The van der Waals surface area contributed by atoms with Crippen molar-refractivity contribution in [1.29, 1.82) is 0 Å². The summed E-state index contributed by atoms with van der Waals surface area (Å²) in [6.45, 7) is -2.92. The maximum absolute atomic E-state index is 12.6. The van der Waals surface area contributed by atoms with Crippen LogP contribution in [0.5, 0.6) is 17.2 Å². The Morgan fingerprint density at radius 3 is 2.61 bits per heavy atom. The van der Waals surface area contributed by atoms with Gasteiger partial charge in [0.1, 0.15) is 5.75 Å². The number of rotatable bonds is 7. The molecule has 0 spiro atoms. The molecule has 1 unspecified atom stereocenters. The number of nitrogens with zero attached hydrogens (tertiary/aromatic N) is 2. The van der Waals surface area contributed by atoms with Gasteiger partial charge in [0.2, 0.25) is 0 Å². The minimum atomic E-state index is -2.92. The molecule has 0 fully saturated rings. The molecule has 0 amide bonds. The van der Waals surface area contributed by atoms with Gasteiger partial charge < -0.3 is 31.6 Å². The number of nitrogens with one attached hydrogen (secondary N) is 1. The third-order valence-corrected chi connectivity index (χ3v) is 4.67. The van der Waals surface area contributed by atoms with Crippen LogP contribution in [0.4, 0.5) is 8.78 Å². The van der Waals surface area contributed by atoms with Gasteiger partial charge in [-0.2, -0.15) is 8.78 Å². The van der Waals surface area contributed by atoms with Crippen LogP contribution < -0.4 is 56.2 Å². The van der Waals surface area contributed by atoms with E-state index in [1.54, 1.807) is 6.07 Å². The van der Waals surface area contributed by atoms with E-state index in [1.165, 1.54) is 38.6 Å². The molecule has 7 nitrogen and oxygen atoms in total. The van der Waals surface area contributed by atoms with Crippen molar-refractivity contribution in [3.63, 3.8) is 0 Å². The molecule has 1 N–H and O–H groups in total. The van der Waals surface area contributed by atoms with Gasteiger partial charge >= 0.3 is 36.2 Å². The molecule has 3 rings (SSSR count). The van der Waals surface area contributed by atoms with Crippen molar-refractivity contribution in [1.82, 2.24) is 15.0 Å². The summed E-state index contributed by atoms with van der Waals surface area (Å²) in [6, 6.07) is 5.89. The Kier molecular flexibility index (Phi) is 9.58. The molecule has 2 aromatic heterocycles. The van der Waals surface area contributed by atoms with Crippen molar-refractivity contribution in [2.45, 2.75) is 17.5 Å². The Morgan fingerprint density at radius 1 is 1.21 bits per heavy atom. The number of ether oxygens (including phenoxy) is 3. The van der Waals surface area contributed by atoms with Gasteiger partial charge in [-0.1, -0.05) is 0 Å². The Hall–Kier alpha value is -1.46. The van der Waals surface area contributed by atoms with Crippen LogP contribution in [0, 0.1) is 0 Å². The molecule has 0 saturated carbocycles. The minimum Gasteiger partial charge on any atom is -1.00 e. The zero-order chi connectivity index (χ0) is 18.7. The predicted octanol–water partition coefficient (Wildman–Crippen LogP) is -3.11. The normalized spacial score (nSPS) is 11.5.